The highest BCUT2D eigenvalue weighted by Gasteiger charge is 2.15. The number of nitrogens with zero attached hydrogens (tertiary/aromatic N) is 2. The van der Waals surface area contributed by atoms with Gasteiger partial charge in [0.15, 0.2) is 11.5 Å². The first kappa shape index (κ1) is 13.0. The number of hydrogen-bond acceptors (Lipinski definition) is 4. The van der Waals surface area contributed by atoms with Gasteiger partial charge in [0.2, 0.25) is 0 Å². The third kappa shape index (κ3) is 2.77. The van der Waals surface area contributed by atoms with Crippen LogP contribution in [0.25, 0.3) is 0 Å². The average molecular weight is 273 g/mol. The van der Waals surface area contributed by atoms with Crippen LogP contribution in [0, 0.1) is 0 Å². The van der Waals surface area contributed by atoms with Gasteiger partial charge >= 0.3 is 0 Å². The van der Waals surface area contributed by atoms with E-state index in [0.717, 1.165) is 31.1 Å². The van der Waals surface area contributed by atoms with Crippen molar-refractivity contribution in [3.05, 3.63) is 42.2 Å². The van der Waals surface area contributed by atoms with E-state index in [1.54, 1.807) is 6.20 Å². The molecule has 1 aliphatic heterocycles. The number of benzene rings is 1. The van der Waals surface area contributed by atoms with Crippen LogP contribution in [0.3, 0.4) is 0 Å². The number of ether oxygens (including phenoxy) is 2. The van der Waals surface area contributed by atoms with Crippen LogP contribution in [-0.4, -0.2) is 30.0 Å². The van der Waals surface area contributed by atoms with Gasteiger partial charge < -0.3 is 14.8 Å². The van der Waals surface area contributed by atoms with Crippen molar-refractivity contribution in [2.45, 2.75) is 19.0 Å². The highest BCUT2D eigenvalue weighted by Crippen LogP contribution is 2.32. The molecule has 3 rings (SSSR count). The molecule has 0 saturated heterocycles. The topological polar surface area (TPSA) is 48.3 Å². The lowest BCUT2D eigenvalue weighted by Gasteiger charge is -2.18. The lowest BCUT2D eigenvalue weighted by molar-refractivity contribution is 0.297. The van der Waals surface area contributed by atoms with Crippen molar-refractivity contribution in [1.29, 1.82) is 0 Å². The van der Waals surface area contributed by atoms with Crippen LogP contribution >= 0.6 is 0 Å². The zero-order valence-electron chi connectivity index (χ0n) is 11.6. The Labute approximate surface area is 118 Å². The Balaban J connectivity index is 1.82. The van der Waals surface area contributed by atoms with E-state index in [2.05, 4.69) is 22.5 Å². The number of aromatic nitrogens is 2. The van der Waals surface area contributed by atoms with Crippen LogP contribution in [0.15, 0.2) is 36.7 Å². The largest absolute Gasteiger partial charge is 0.490 e. The van der Waals surface area contributed by atoms with Gasteiger partial charge in [-0.1, -0.05) is 6.07 Å². The molecule has 106 valence electrons. The Morgan fingerprint density at radius 1 is 1.30 bits per heavy atom. The van der Waals surface area contributed by atoms with Crippen molar-refractivity contribution < 1.29 is 9.47 Å². The molecule has 1 aromatic carbocycles. The smallest absolute Gasteiger partial charge is 0.161 e. The summed E-state index contributed by atoms with van der Waals surface area (Å²) in [5, 5.41) is 7.57. The van der Waals surface area contributed by atoms with Gasteiger partial charge in [-0.05, 0) is 30.8 Å². The Morgan fingerprint density at radius 3 is 2.90 bits per heavy atom. The Morgan fingerprint density at radius 2 is 2.15 bits per heavy atom. The van der Waals surface area contributed by atoms with Gasteiger partial charge in [0.1, 0.15) is 0 Å². The molecular weight excluding hydrogens is 254 g/mol. The molecule has 1 N–H and O–H groups in total. The van der Waals surface area contributed by atoms with E-state index >= 15 is 0 Å². The van der Waals surface area contributed by atoms with E-state index < -0.39 is 0 Å². The normalized spacial score (nSPS) is 15.7. The number of nitrogens with one attached hydrogen (secondary N) is 1. The van der Waals surface area contributed by atoms with E-state index in [4.69, 9.17) is 9.47 Å². The van der Waals surface area contributed by atoms with E-state index in [-0.39, 0.29) is 6.04 Å². The standard InChI is InChI=1S/C15H19N3O2/c1-16-13(11-18-7-2-6-17-18)12-4-5-14-15(10-12)20-9-3-8-19-14/h2,4-7,10,13,16H,3,8-9,11H2,1H3. The fourth-order valence-corrected chi connectivity index (χ4v) is 2.36. The monoisotopic (exact) mass is 273 g/mol. The van der Waals surface area contributed by atoms with Gasteiger partial charge in [-0.25, -0.2) is 0 Å². The molecule has 1 aromatic heterocycles. The van der Waals surface area contributed by atoms with Gasteiger partial charge in [0.05, 0.1) is 25.8 Å². The van der Waals surface area contributed by atoms with Crippen molar-refractivity contribution in [3.63, 3.8) is 0 Å². The summed E-state index contributed by atoms with van der Waals surface area (Å²) in [6, 6.07) is 8.25. The molecule has 0 saturated carbocycles. The molecule has 0 amide bonds. The van der Waals surface area contributed by atoms with Gasteiger partial charge in [-0.2, -0.15) is 5.10 Å². The molecule has 2 aromatic rings. The number of hydrogen-bond donors (Lipinski definition) is 1. The average Bonchev–Trinajstić information content (AvgIpc) is 2.87. The first-order valence-corrected chi connectivity index (χ1v) is 6.91. The number of likely N-dealkylation sites (N-methyl/N-ethyl adjacent to an activating group) is 1. The Bertz CT molecular complexity index is 554. The quantitative estimate of drug-likeness (QED) is 0.925. The summed E-state index contributed by atoms with van der Waals surface area (Å²) in [6.45, 7) is 2.21. The maximum Gasteiger partial charge on any atom is 0.161 e. The summed E-state index contributed by atoms with van der Waals surface area (Å²) >= 11 is 0. The fourth-order valence-electron chi connectivity index (χ4n) is 2.36. The highest BCUT2D eigenvalue weighted by molar-refractivity contribution is 5.44. The van der Waals surface area contributed by atoms with Crippen LogP contribution in [0.2, 0.25) is 0 Å². The Hall–Kier alpha value is -2.01. The van der Waals surface area contributed by atoms with Gasteiger partial charge in [0, 0.05) is 18.8 Å². The van der Waals surface area contributed by atoms with Crippen LogP contribution in [-0.2, 0) is 6.54 Å². The molecule has 1 unspecified atom stereocenters. The molecule has 0 bridgehead atoms. The first-order chi connectivity index (χ1) is 9.86. The Kier molecular flexibility index (Phi) is 3.87. The van der Waals surface area contributed by atoms with Gasteiger partial charge in [-0.15, -0.1) is 0 Å². The highest BCUT2D eigenvalue weighted by atomic mass is 16.5. The van der Waals surface area contributed by atoms with Crippen molar-refractivity contribution >= 4 is 0 Å². The molecule has 0 spiro atoms. The molecule has 1 atom stereocenters. The summed E-state index contributed by atoms with van der Waals surface area (Å²) in [6.07, 6.45) is 4.68. The lowest BCUT2D eigenvalue weighted by Crippen LogP contribution is -2.22. The van der Waals surface area contributed by atoms with Crippen molar-refractivity contribution in [3.8, 4) is 11.5 Å². The second kappa shape index (κ2) is 5.96. The second-order valence-corrected chi connectivity index (χ2v) is 4.83. The minimum atomic E-state index is 0.187. The molecule has 0 fully saturated rings. The van der Waals surface area contributed by atoms with Crippen molar-refractivity contribution in [2.75, 3.05) is 20.3 Å². The molecule has 2 heterocycles. The predicted octanol–water partition coefficient (Wildman–Crippen LogP) is 2.01. The summed E-state index contributed by atoms with van der Waals surface area (Å²) in [4.78, 5) is 0. The molecule has 5 heteroatoms. The van der Waals surface area contributed by atoms with E-state index in [0.29, 0.717) is 6.61 Å². The van der Waals surface area contributed by atoms with Crippen molar-refractivity contribution in [1.82, 2.24) is 15.1 Å². The molecule has 0 aliphatic carbocycles. The minimum Gasteiger partial charge on any atom is -0.490 e. The van der Waals surface area contributed by atoms with Crippen LogP contribution in [0.5, 0.6) is 11.5 Å². The molecule has 0 radical (unpaired) electrons. The first-order valence-electron chi connectivity index (χ1n) is 6.91. The summed E-state index contributed by atoms with van der Waals surface area (Å²) in [5.41, 5.74) is 1.17. The van der Waals surface area contributed by atoms with E-state index in [1.165, 1.54) is 5.56 Å². The van der Waals surface area contributed by atoms with Crippen molar-refractivity contribution in [2.24, 2.45) is 0 Å². The van der Waals surface area contributed by atoms with E-state index in [9.17, 15) is 0 Å². The maximum atomic E-state index is 5.74. The lowest BCUT2D eigenvalue weighted by atomic mass is 10.1. The molecular formula is C15H19N3O2. The molecule has 5 nitrogen and oxygen atoms in total. The number of rotatable bonds is 4. The summed E-state index contributed by atoms with van der Waals surface area (Å²) in [5.74, 6) is 1.67. The number of fused-ring (bicyclic) bond motifs is 1. The predicted molar refractivity (Wildman–Crippen MR) is 76.1 cm³/mol. The summed E-state index contributed by atoms with van der Waals surface area (Å²) in [7, 11) is 1.96. The second-order valence-electron chi connectivity index (χ2n) is 4.83. The van der Waals surface area contributed by atoms with Gasteiger partial charge in [0.25, 0.3) is 0 Å². The maximum absolute atomic E-state index is 5.74. The van der Waals surface area contributed by atoms with Crippen LogP contribution in [0.1, 0.15) is 18.0 Å². The zero-order valence-corrected chi connectivity index (χ0v) is 11.6. The SMILES string of the molecule is CNC(Cn1cccn1)c1ccc2c(c1)OCCCO2. The molecule has 1 aliphatic rings. The zero-order chi connectivity index (χ0) is 13.8. The molecule has 20 heavy (non-hydrogen) atoms. The van der Waals surface area contributed by atoms with Gasteiger partial charge in [-0.3, -0.25) is 4.68 Å². The fraction of sp³-hybridized carbons (Fsp3) is 0.400. The minimum absolute atomic E-state index is 0.187. The van der Waals surface area contributed by atoms with Crippen LogP contribution < -0.4 is 14.8 Å². The van der Waals surface area contributed by atoms with E-state index in [1.807, 2.05) is 30.1 Å². The van der Waals surface area contributed by atoms with Crippen LogP contribution in [0.4, 0.5) is 0 Å². The third-order valence-electron chi connectivity index (χ3n) is 3.45. The third-order valence-corrected chi connectivity index (χ3v) is 3.45. The summed E-state index contributed by atoms with van der Waals surface area (Å²) < 4.78 is 13.3.